The highest BCUT2D eigenvalue weighted by Gasteiger charge is 2.17. The van der Waals surface area contributed by atoms with E-state index in [1.165, 1.54) is 0 Å². The van der Waals surface area contributed by atoms with Crippen molar-refractivity contribution in [3.63, 3.8) is 0 Å². The Morgan fingerprint density at radius 2 is 1.78 bits per heavy atom. The molecule has 0 amide bonds. The molecule has 2 aromatic heterocycles. The second-order valence-electron chi connectivity index (χ2n) is 4.66. The molecule has 0 saturated carbocycles. The largest absolute Gasteiger partial charge is 0.272 e. The van der Waals surface area contributed by atoms with Crippen LogP contribution in [0, 0.1) is 13.8 Å². The van der Waals surface area contributed by atoms with Gasteiger partial charge in [0.15, 0.2) is 0 Å². The molecule has 18 heavy (non-hydrogen) atoms. The number of hydrogen-bond acceptors (Lipinski definition) is 4. The van der Waals surface area contributed by atoms with Gasteiger partial charge in [-0.25, -0.2) is 0 Å². The third-order valence-corrected chi connectivity index (χ3v) is 3.11. The van der Waals surface area contributed by atoms with Crippen LogP contribution in [0.3, 0.4) is 0 Å². The summed E-state index contributed by atoms with van der Waals surface area (Å²) in [5.74, 6) is 5.67. The van der Waals surface area contributed by atoms with Crippen molar-refractivity contribution in [3.8, 4) is 0 Å². The first-order valence-corrected chi connectivity index (χ1v) is 5.97. The van der Waals surface area contributed by atoms with Crippen molar-refractivity contribution in [2.75, 3.05) is 0 Å². The van der Waals surface area contributed by atoms with Gasteiger partial charge in [-0.15, -0.1) is 0 Å². The molecule has 3 N–H and O–H groups in total. The van der Waals surface area contributed by atoms with Crippen LogP contribution in [0.5, 0.6) is 0 Å². The number of aryl methyl sites for hydroxylation is 4. The van der Waals surface area contributed by atoms with E-state index in [1.54, 1.807) is 0 Å². The number of aromatic nitrogens is 4. The van der Waals surface area contributed by atoms with Crippen molar-refractivity contribution in [2.45, 2.75) is 26.3 Å². The van der Waals surface area contributed by atoms with Gasteiger partial charge in [0, 0.05) is 26.2 Å². The highest BCUT2D eigenvalue weighted by atomic mass is 15.3. The molecule has 0 spiro atoms. The molecule has 0 aromatic carbocycles. The molecular weight excluding hydrogens is 228 g/mol. The van der Waals surface area contributed by atoms with E-state index in [0.717, 1.165) is 29.2 Å². The molecule has 0 aliphatic rings. The number of hydrogen-bond donors (Lipinski definition) is 2. The Kier molecular flexibility index (Phi) is 3.49. The highest BCUT2D eigenvalue weighted by molar-refractivity contribution is 5.17. The molecule has 6 nitrogen and oxygen atoms in total. The molecule has 6 heteroatoms. The Balaban J connectivity index is 2.25. The van der Waals surface area contributed by atoms with Crippen molar-refractivity contribution in [3.05, 3.63) is 34.9 Å². The van der Waals surface area contributed by atoms with Gasteiger partial charge < -0.3 is 0 Å². The number of nitrogens with two attached hydrogens (primary N) is 1. The lowest BCUT2D eigenvalue weighted by molar-refractivity contribution is 0.493. The number of hydrazine groups is 1. The first-order chi connectivity index (χ1) is 8.51. The van der Waals surface area contributed by atoms with E-state index >= 15 is 0 Å². The second-order valence-corrected chi connectivity index (χ2v) is 4.66. The predicted octanol–water partition coefficient (Wildman–Crippen LogP) is 0.518. The first kappa shape index (κ1) is 12.8. The zero-order valence-electron chi connectivity index (χ0n) is 11.3. The Morgan fingerprint density at radius 1 is 1.17 bits per heavy atom. The predicted molar refractivity (Wildman–Crippen MR) is 69.7 cm³/mol. The van der Waals surface area contributed by atoms with E-state index in [9.17, 15) is 0 Å². The molecule has 2 rings (SSSR count). The van der Waals surface area contributed by atoms with Crippen LogP contribution in [0.4, 0.5) is 0 Å². The summed E-state index contributed by atoms with van der Waals surface area (Å²) in [6, 6.07) is 4.16. The second kappa shape index (κ2) is 4.91. The van der Waals surface area contributed by atoms with E-state index in [4.69, 9.17) is 5.84 Å². The number of nitrogens with zero attached hydrogens (tertiary/aromatic N) is 4. The average Bonchev–Trinajstić information content (AvgIpc) is 2.78. The van der Waals surface area contributed by atoms with E-state index in [2.05, 4.69) is 21.7 Å². The Hall–Kier alpha value is -1.66. The standard InChI is InChI=1S/C12H20N6/c1-8-5-10(17(3)15-8)7-11(14-13)12-6-9(2)16-18(12)4/h5-6,11,14H,7,13H2,1-4H3. The molecule has 0 radical (unpaired) electrons. The highest BCUT2D eigenvalue weighted by Crippen LogP contribution is 2.18. The Labute approximate surface area is 107 Å². The smallest absolute Gasteiger partial charge is 0.0684 e. The van der Waals surface area contributed by atoms with Gasteiger partial charge in [0.1, 0.15) is 0 Å². The zero-order valence-corrected chi connectivity index (χ0v) is 11.3. The molecule has 0 bridgehead atoms. The van der Waals surface area contributed by atoms with Crippen molar-refractivity contribution in [1.29, 1.82) is 0 Å². The maximum absolute atomic E-state index is 5.67. The molecule has 0 aliphatic carbocycles. The van der Waals surface area contributed by atoms with Crippen LogP contribution < -0.4 is 11.3 Å². The fraction of sp³-hybridized carbons (Fsp3) is 0.500. The maximum atomic E-state index is 5.67. The summed E-state index contributed by atoms with van der Waals surface area (Å²) in [4.78, 5) is 0. The molecule has 2 heterocycles. The van der Waals surface area contributed by atoms with Crippen LogP contribution in [0.15, 0.2) is 12.1 Å². The van der Waals surface area contributed by atoms with Crippen molar-refractivity contribution >= 4 is 0 Å². The van der Waals surface area contributed by atoms with Gasteiger partial charge in [-0.1, -0.05) is 0 Å². The Bertz CT molecular complexity index is 539. The molecule has 1 unspecified atom stereocenters. The first-order valence-electron chi connectivity index (χ1n) is 5.97. The summed E-state index contributed by atoms with van der Waals surface area (Å²) < 4.78 is 3.76. The molecule has 0 fully saturated rings. The molecule has 1 atom stereocenters. The average molecular weight is 248 g/mol. The summed E-state index contributed by atoms with van der Waals surface area (Å²) >= 11 is 0. The minimum Gasteiger partial charge on any atom is -0.272 e. The van der Waals surface area contributed by atoms with Crippen molar-refractivity contribution in [2.24, 2.45) is 19.9 Å². The normalized spacial score (nSPS) is 12.9. The number of nitrogens with one attached hydrogen (secondary N) is 1. The minimum atomic E-state index is 0.0333. The summed E-state index contributed by atoms with van der Waals surface area (Å²) in [5.41, 5.74) is 7.09. The molecule has 2 aromatic rings. The van der Waals surface area contributed by atoms with E-state index in [-0.39, 0.29) is 6.04 Å². The molecule has 0 saturated heterocycles. The van der Waals surface area contributed by atoms with Crippen LogP contribution in [0.25, 0.3) is 0 Å². The summed E-state index contributed by atoms with van der Waals surface area (Å²) in [6.07, 6.45) is 0.785. The van der Waals surface area contributed by atoms with Gasteiger partial charge in [0.05, 0.1) is 23.1 Å². The monoisotopic (exact) mass is 248 g/mol. The minimum absolute atomic E-state index is 0.0333. The third-order valence-electron chi connectivity index (χ3n) is 3.11. The van der Waals surface area contributed by atoms with Crippen LogP contribution in [-0.4, -0.2) is 19.6 Å². The zero-order chi connectivity index (χ0) is 13.3. The van der Waals surface area contributed by atoms with Crippen molar-refractivity contribution in [1.82, 2.24) is 25.0 Å². The summed E-state index contributed by atoms with van der Waals surface area (Å²) in [6.45, 7) is 3.97. The lowest BCUT2D eigenvalue weighted by Crippen LogP contribution is -2.31. The molecule has 98 valence electrons. The molecule has 0 aliphatic heterocycles. The topological polar surface area (TPSA) is 73.7 Å². The third kappa shape index (κ3) is 2.44. The van der Waals surface area contributed by atoms with Gasteiger partial charge in [-0.3, -0.25) is 20.6 Å². The SMILES string of the molecule is Cc1cc(CC(NN)c2cc(C)nn2C)n(C)n1. The Morgan fingerprint density at radius 3 is 2.22 bits per heavy atom. The number of rotatable bonds is 4. The summed E-state index contributed by atoms with van der Waals surface area (Å²) in [5, 5.41) is 8.69. The molecular formula is C12H20N6. The van der Waals surface area contributed by atoms with Gasteiger partial charge in [0.2, 0.25) is 0 Å². The van der Waals surface area contributed by atoms with E-state index in [1.807, 2.05) is 43.4 Å². The van der Waals surface area contributed by atoms with Crippen LogP contribution in [-0.2, 0) is 20.5 Å². The van der Waals surface area contributed by atoms with Crippen LogP contribution in [0.1, 0.15) is 28.8 Å². The lowest BCUT2D eigenvalue weighted by atomic mass is 10.1. The van der Waals surface area contributed by atoms with Crippen molar-refractivity contribution < 1.29 is 0 Å². The lowest BCUT2D eigenvalue weighted by Gasteiger charge is -2.16. The van der Waals surface area contributed by atoms with Gasteiger partial charge in [-0.05, 0) is 26.0 Å². The van der Waals surface area contributed by atoms with Gasteiger partial charge in [0.25, 0.3) is 0 Å². The van der Waals surface area contributed by atoms with E-state index in [0.29, 0.717) is 0 Å². The quantitative estimate of drug-likeness (QED) is 0.611. The van der Waals surface area contributed by atoms with E-state index < -0.39 is 0 Å². The fourth-order valence-electron chi connectivity index (χ4n) is 2.27. The van der Waals surface area contributed by atoms with Crippen LogP contribution >= 0.6 is 0 Å². The summed E-state index contributed by atoms with van der Waals surface area (Å²) in [7, 11) is 3.88. The fourth-order valence-corrected chi connectivity index (χ4v) is 2.27. The van der Waals surface area contributed by atoms with Gasteiger partial charge >= 0.3 is 0 Å². The van der Waals surface area contributed by atoms with Gasteiger partial charge in [-0.2, -0.15) is 10.2 Å². The van der Waals surface area contributed by atoms with Crippen LogP contribution in [0.2, 0.25) is 0 Å². The maximum Gasteiger partial charge on any atom is 0.0684 e.